The molecule has 0 spiro atoms. The number of aryl methyl sites for hydroxylation is 1. The maximum absolute atomic E-state index is 12.0. The molecule has 1 aliphatic rings. The highest BCUT2D eigenvalue weighted by Gasteiger charge is 2.26. The lowest BCUT2D eigenvalue weighted by atomic mass is 10.0. The van der Waals surface area contributed by atoms with Gasteiger partial charge in [-0.05, 0) is 49.6 Å². The van der Waals surface area contributed by atoms with Gasteiger partial charge in [0, 0.05) is 11.4 Å². The Hall–Kier alpha value is -2.56. The van der Waals surface area contributed by atoms with E-state index in [0.717, 1.165) is 17.8 Å². The van der Waals surface area contributed by atoms with Crippen molar-refractivity contribution < 1.29 is 9.21 Å². The number of furan rings is 1. The topological polar surface area (TPSA) is 70.4 Å². The highest BCUT2D eigenvalue weighted by Crippen LogP contribution is 2.23. The standard InChI is InChI=1S/C16H17N3O2/c1-4-11-9(2)13(17-10(11)3)8-12-15(18-19-16(12)20)14-6-5-7-21-14/h5-8,17H,4H2,1-3H3,(H,19,20). The zero-order valence-corrected chi connectivity index (χ0v) is 12.3. The molecule has 0 aromatic carbocycles. The third-order valence-corrected chi connectivity index (χ3v) is 3.80. The summed E-state index contributed by atoms with van der Waals surface area (Å²) in [4.78, 5) is 15.3. The zero-order chi connectivity index (χ0) is 15.0. The maximum atomic E-state index is 12.0. The van der Waals surface area contributed by atoms with Crippen molar-refractivity contribution in [2.24, 2.45) is 5.10 Å². The molecular weight excluding hydrogens is 266 g/mol. The number of aromatic amines is 1. The van der Waals surface area contributed by atoms with Gasteiger partial charge in [-0.2, -0.15) is 5.10 Å². The summed E-state index contributed by atoms with van der Waals surface area (Å²) in [6.45, 7) is 6.23. The predicted molar refractivity (Wildman–Crippen MR) is 81.0 cm³/mol. The van der Waals surface area contributed by atoms with Crippen molar-refractivity contribution in [3.05, 3.63) is 52.2 Å². The maximum Gasteiger partial charge on any atom is 0.273 e. The van der Waals surface area contributed by atoms with E-state index >= 15 is 0 Å². The molecule has 0 saturated carbocycles. The first kappa shape index (κ1) is 13.4. The molecule has 1 amide bonds. The van der Waals surface area contributed by atoms with Gasteiger partial charge < -0.3 is 9.40 Å². The Kier molecular flexibility index (Phi) is 3.25. The van der Waals surface area contributed by atoms with Crippen LogP contribution in [-0.2, 0) is 11.2 Å². The molecule has 0 aliphatic carbocycles. The first-order valence-electron chi connectivity index (χ1n) is 6.93. The van der Waals surface area contributed by atoms with Crippen molar-refractivity contribution in [1.82, 2.24) is 10.4 Å². The molecule has 2 aromatic heterocycles. The van der Waals surface area contributed by atoms with Crippen molar-refractivity contribution in [2.45, 2.75) is 27.2 Å². The largest absolute Gasteiger partial charge is 0.463 e. The molecule has 0 atom stereocenters. The van der Waals surface area contributed by atoms with Crippen LogP contribution in [-0.4, -0.2) is 16.6 Å². The number of nitrogens with zero attached hydrogens (tertiary/aromatic N) is 1. The van der Waals surface area contributed by atoms with E-state index in [9.17, 15) is 4.79 Å². The van der Waals surface area contributed by atoms with Crippen LogP contribution in [0, 0.1) is 13.8 Å². The second-order valence-electron chi connectivity index (χ2n) is 5.06. The molecule has 0 radical (unpaired) electrons. The SMILES string of the molecule is CCc1c(C)[nH]c(C=C2C(=O)NN=C2c2ccco2)c1C. The molecule has 108 valence electrons. The van der Waals surface area contributed by atoms with E-state index in [1.165, 1.54) is 11.1 Å². The van der Waals surface area contributed by atoms with Crippen LogP contribution in [0.1, 0.15) is 35.2 Å². The van der Waals surface area contributed by atoms with Gasteiger partial charge in [-0.25, -0.2) is 5.43 Å². The van der Waals surface area contributed by atoms with Crippen LogP contribution in [0.4, 0.5) is 0 Å². The third kappa shape index (κ3) is 2.20. The Bertz CT molecular complexity index is 749. The summed E-state index contributed by atoms with van der Waals surface area (Å²) in [6, 6.07) is 3.56. The molecule has 1 aliphatic heterocycles. The summed E-state index contributed by atoms with van der Waals surface area (Å²) in [7, 11) is 0. The average Bonchev–Trinajstić information content (AvgIpc) is 3.14. The second-order valence-corrected chi connectivity index (χ2v) is 5.06. The van der Waals surface area contributed by atoms with Gasteiger partial charge in [-0.1, -0.05) is 6.92 Å². The van der Waals surface area contributed by atoms with E-state index < -0.39 is 0 Å². The van der Waals surface area contributed by atoms with Crippen LogP contribution in [0.25, 0.3) is 6.08 Å². The van der Waals surface area contributed by atoms with E-state index in [4.69, 9.17) is 4.42 Å². The number of carbonyl (C=O) groups excluding carboxylic acids is 1. The predicted octanol–water partition coefficient (Wildman–Crippen LogP) is 2.70. The molecule has 0 bridgehead atoms. The molecule has 5 nitrogen and oxygen atoms in total. The van der Waals surface area contributed by atoms with Gasteiger partial charge >= 0.3 is 0 Å². The fourth-order valence-corrected chi connectivity index (χ4v) is 2.70. The molecule has 2 N–H and O–H groups in total. The molecule has 0 unspecified atom stereocenters. The fourth-order valence-electron chi connectivity index (χ4n) is 2.70. The second kappa shape index (κ2) is 5.09. The molecule has 21 heavy (non-hydrogen) atoms. The number of H-pyrrole nitrogens is 1. The van der Waals surface area contributed by atoms with E-state index in [-0.39, 0.29) is 5.91 Å². The van der Waals surface area contributed by atoms with Crippen LogP contribution in [0.5, 0.6) is 0 Å². The summed E-state index contributed by atoms with van der Waals surface area (Å²) >= 11 is 0. The number of hydrogen-bond donors (Lipinski definition) is 2. The number of hydrazone groups is 1. The highest BCUT2D eigenvalue weighted by atomic mass is 16.3. The van der Waals surface area contributed by atoms with E-state index in [2.05, 4.69) is 29.4 Å². The van der Waals surface area contributed by atoms with Gasteiger partial charge in [0.25, 0.3) is 5.91 Å². The molecule has 2 aromatic rings. The fraction of sp³-hybridized carbons (Fsp3) is 0.250. The number of amides is 1. The average molecular weight is 283 g/mol. The van der Waals surface area contributed by atoms with E-state index in [1.54, 1.807) is 18.4 Å². The minimum atomic E-state index is -0.217. The number of hydrogen-bond acceptors (Lipinski definition) is 3. The normalized spacial score (nSPS) is 16.4. The molecule has 5 heteroatoms. The van der Waals surface area contributed by atoms with Gasteiger partial charge in [0.1, 0.15) is 5.71 Å². The quantitative estimate of drug-likeness (QED) is 0.850. The smallest absolute Gasteiger partial charge is 0.273 e. The van der Waals surface area contributed by atoms with E-state index in [1.807, 2.05) is 13.0 Å². The highest BCUT2D eigenvalue weighted by molar-refractivity contribution is 6.32. The minimum absolute atomic E-state index is 0.217. The van der Waals surface area contributed by atoms with E-state index in [0.29, 0.717) is 17.0 Å². The van der Waals surface area contributed by atoms with Crippen molar-refractivity contribution in [2.75, 3.05) is 0 Å². The van der Waals surface area contributed by atoms with Crippen LogP contribution in [0.3, 0.4) is 0 Å². The Balaban J connectivity index is 2.06. The van der Waals surface area contributed by atoms with Crippen LogP contribution in [0.2, 0.25) is 0 Å². The monoisotopic (exact) mass is 283 g/mol. The lowest BCUT2D eigenvalue weighted by Gasteiger charge is -1.99. The lowest BCUT2D eigenvalue weighted by molar-refractivity contribution is -0.116. The first-order chi connectivity index (χ1) is 10.1. The van der Waals surface area contributed by atoms with Gasteiger partial charge in [-0.3, -0.25) is 4.79 Å². The van der Waals surface area contributed by atoms with Crippen molar-refractivity contribution >= 4 is 17.7 Å². The number of rotatable bonds is 3. The Labute approximate surface area is 122 Å². The summed E-state index contributed by atoms with van der Waals surface area (Å²) in [5.41, 5.74) is 8.07. The first-order valence-corrected chi connectivity index (χ1v) is 6.93. The molecule has 0 fully saturated rings. The van der Waals surface area contributed by atoms with Crippen molar-refractivity contribution in [3.8, 4) is 0 Å². The number of carbonyl (C=O) groups is 1. The van der Waals surface area contributed by atoms with Gasteiger partial charge in [-0.15, -0.1) is 0 Å². The minimum Gasteiger partial charge on any atom is -0.463 e. The number of aromatic nitrogens is 1. The van der Waals surface area contributed by atoms with Crippen LogP contribution >= 0.6 is 0 Å². The van der Waals surface area contributed by atoms with Crippen LogP contribution in [0.15, 0.2) is 33.5 Å². The van der Waals surface area contributed by atoms with Gasteiger partial charge in [0.15, 0.2) is 5.76 Å². The third-order valence-electron chi connectivity index (χ3n) is 3.80. The van der Waals surface area contributed by atoms with Crippen molar-refractivity contribution in [1.29, 1.82) is 0 Å². The Morgan fingerprint density at radius 1 is 1.38 bits per heavy atom. The molecule has 0 saturated heterocycles. The zero-order valence-electron chi connectivity index (χ0n) is 12.3. The summed E-state index contributed by atoms with van der Waals surface area (Å²) in [6.07, 6.45) is 4.37. The summed E-state index contributed by atoms with van der Waals surface area (Å²) in [5, 5.41) is 4.06. The van der Waals surface area contributed by atoms with Gasteiger partial charge in [0.05, 0.1) is 11.8 Å². The molecular formula is C16H17N3O2. The lowest BCUT2D eigenvalue weighted by Crippen LogP contribution is -2.13. The molecule has 3 rings (SSSR count). The Morgan fingerprint density at radius 2 is 2.19 bits per heavy atom. The summed E-state index contributed by atoms with van der Waals surface area (Å²) in [5.74, 6) is 0.363. The van der Waals surface area contributed by atoms with Crippen molar-refractivity contribution in [3.63, 3.8) is 0 Å². The van der Waals surface area contributed by atoms with Gasteiger partial charge in [0.2, 0.25) is 0 Å². The van der Waals surface area contributed by atoms with Crippen LogP contribution < -0.4 is 5.43 Å². The number of nitrogens with one attached hydrogen (secondary N) is 2. The summed E-state index contributed by atoms with van der Waals surface area (Å²) < 4.78 is 5.34. The molecule has 3 heterocycles. The Morgan fingerprint density at radius 3 is 2.81 bits per heavy atom.